The molecule has 0 amide bonds. The highest BCUT2D eigenvalue weighted by Crippen LogP contribution is 2.30. The SMILES string of the molecule is CCO[C@@H](CC(=O)O)c1ccc(OCc2ccc(F)c(-c3ccc(OC4COC(c5ccccc5)OC4)nc3C)c2)cc1. The summed E-state index contributed by atoms with van der Waals surface area (Å²) in [5.41, 5.74) is 4.18. The molecule has 1 N–H and O–H groups in total. The van der Waals surface area contributed by atoms with Crippen LogP contribution in [0.5, 0.6) is 11.6 Å². The Bertz CT molecular complexity index is 1510. The molecular formula is C34H34FNO7. The van der Waals surface area contributed by atoms with Crippen LogP contribution in [-0.2, 0) is 25.6 Å². The second-order valence-electron chi connectivity index (χ2n) is 10.1. The molecule has 8 nitrogen and oxygen atoms in total. The number of benzene rings is 3. The molecule has 0 unspecified atom stereocenters. The van der Waals surface area contributed by atoms with Crippen LogP contribution in [0.15, 0.2) is 84.9 Å². The Hall–Kier alpha value is -4.31. The number of carboxylic acids is 1. The zero-order valence-corrected chi connectivity index (χ0v) is 24.1. The van der Waals surface area contributed by atoms with Crippen LogP contribution >= 0.6 is 0 Å². The van der Waals surface area contributed by atoms with Crippen molar-refractivity contribution in [3.05, 3.63) is 113 Å². The fraction of sp³-hybridized carbons (Fsp3) is 0.294. The molecule has 0 aliphatic carbocycles. The highest BCUT2D eigenvalue weighted by Gasteiger charge is 2.25. The Kier molecular flexibility index (Phi) is 9.99. The molecule has 1 saturated heterocycles. The first kappa shape index (κ1) is 30.2. The first-order valence-electron chi connectivity index (χ1n) is 14.2. The van der Waals surface area contributed by atoms with E-state index in [2.05, 4.69) is 4.98 Å². The van der Waals surface area contributed by atoms with Gasteiger partial charge in [0.25, 0.3) is 0 Å². The minimum absolute atomic E-state index is 0.119. The normalized spacial score (nSPS) is 17.3. The number of aromatic nitrogens is 1. The molecule has 1 atom stereocenters. The molecule has 9 heteroatoms. The number of hydrogen-bond acceptors (Lipinski definition) is 7. The minimum Gasteiger partial charge on any atom is -0.489 e. The largest absolute Gasteiger partial charge is 0.489 e. The fourth-order valence-electron chi connectivity index (χ4n) is 4.86. The first-order chi connectivity index (χ1) is 20.9. The number of halogens is 1. The number of carbonyl (C=O) groups is 1. The van der Waals surface area contributed by atoms with E-state index in [4.69, 9.17) is 28.8 Å². The lowest BCUT2D eigenvalue weighted by Crippen LogP contribution is -2.35. The molecule has 2 heterocycles. The van der Waals surface area contributed by atoms with E-state index in [-0.39, 0.29) is 24.9 Å². The number of aryl methyl sites for hydroxylation is 1. The van der Waals surface area contributed by atoms with Gasteiger partial charge in [0.1, 0.15) is 24.3 Å². The Morgan fingerprint density at radius 3 is 2.42 bits per heavy atom. The average molecular weight is 588 g/mol. The van der Waals surface area contributed by atoms with E-state index in [1.165, 1.54) is 6.07 Å². The molecule has 0 saturated carbocycles. The van der Waals surface area contributed by atoms with E-state index in [9.17, 15) is 9.18 Å². The maximum Gasteiger partial charge on any atom is 0.306 e. The van der Waals surface area contributed by atoms with Crippen molar-refractivity contribution in [3.63, 3.8) is 0 Å². The first-order valence-corrected chi connectivity index (χ1v) is 14.2. The lowest BCUT2D eigenvalue weighted by atomic mass is 10.0. The Labute approximate surface area is 250 Å². The molecule has 224 valence electrons. The second kappa shape index (κ2) is 14.2. The highest BCUT2D eigenvalue weighted by atomic mass is 19.1. The van der Waals surface area contributed by atoms with Gasteiger partial charge < -0.3 is 28.8 Å². The van der Waals surface area contributed by atoms with Crippen LogP contribution in [0.4, 0.5) is 4.39 Å². The third kappa shape index (κ3) is 7.95. The predicted octanol–water partition coefficient (Wildman–Crippen LogP) is 6.82. The molecule has 5 rings (SSSR count). The number of carboxylic acid groups (broad SMARTS) is 1. The summed E-state index contributed by atoms with van der Waals surface area (Å²) in [6.45, 7) is 4.98. The van der Waals surface area contributed by atoms with Gasteiger partial charge in [0.05, 0.1) is 25.7 Å². The quantitative estimate of drug-likeness (QED) is 0.193. The summed E-state index contributed by atoms with van der Waals surface area (Å²) in [7, 11) is 0. The summed E-state index contributed by atoms with van der Waals surface area (Å²) in [5.74, 6) is -0.280. The topological polar surface area (TPSA) is 96.3 Å². The van der Waals surface area contributed by atoms with Crippen molar-refractivity contribution >= 4 is 5.97 Å². The van der Waals surface area contributed by atoms with Gasteiger partial charge >= 0.3 is 5.97 Å². The summed E-state index contributed by atoms with van der Waals surface area (Å²) in [4.78, 5) is 15.7. The maximum atomic E-state index is 14.9. The molecule has 43 heavy (non-hydrogen) atoms. The van der Waals surface area contributed by atoms with Gasteiger partial charge in [-0.15, -0.1) is 0 Å². The van der Waals surface area contributed by atoms with Gasteiger partial charge in [0.2, 0.25) is 5.88 Å². The number of rotatable bonds is 12. The zero-order chi connectivity index (χ0) is 30.2. The van der Waals surface area contributed by atoms with E-state index in [0.29, 0.717) is 48.3 Å². The van der Waals surface area contributed by atoms with E-state index < -0.39 is 18.4 Å². The Balaban J connectivity index is 1.20. The van der Waals surface area contributed by atoms with Crippen molar-refractivity contribution in [2.45, 2.75) is 45.4 Å². The van der Waals surface area contributed by atoms with Gasteiger partial charge in [0.15, 0.2) is 6.29 Å². The van der Waals surface area contributed by atoms with Gasteiger partial charge in [-0.2, -0.15) is 0 Å². The van der Waals surface area contributed by atoms with Crippen LogP contribution in [0.25, 0.3) is 11.1 Å². The maximum absolute atomic E-state index is 14.9. The smallest absolute Gasteiger partial charge is 0.306 e. The van der Waals surface area contributed by atoms with Gasteiger partial charge in [-0.25, -0.2) is 9.37 Å². The highest BCUT2D eigenvalue weighted by molar-refractivity contribution is 5.68. The van der Waals surface area contributed by atoms with E-state index >= 15 is 0 Å². The molecule has 1 aromatic heterocycles. The monoisotopic (exact) mass is 587 g/mol. The molecule has 4 aromatic rings. The third-order valence-corrected chi connectivity index (χ3v) is 6.99. The van der Waals surface area contributed by atoms with E-state index in [1.807, 2.05) is 44.2 Å². The summed E-state index contributed by atoms with van der Waals surface area (Å²) in [6.07, 6.45) is -1.38. The molecule has 0 bridgehead atoms. The minimum atomic E-state index is -0.927. The second-order valence-corrected chi connectivity index (χ2v) is 10.1. The number of pyridine rings is 1. The molecule has 0 radical (unpaired) electrons. The molecule has 1 aliphatic rings. The standard InChI is InChI=1S/C34H34FNO7/c1-3-39-31(18-33(37)38)24-10-12-26(13-11-24)40-19-23-9-15-30(35)29(17-23)28-14-16-32(36-22(28)2)43-27-20-41-34(42-21-27)25-7-5-4-6-8-25/h4-17,27,31,34H,3,18-21H2,1-2H3,(H,37,38)/t27?,31-,34?/m0/s1. The van der Waals surface area contributed by atoms with Gasteiger partial charge in [-0.3, -0.25) is 4.79 Å². The predicted molar refractivity (Wildman–Crippen MR) is 157 cm³/mol. The van der Waals surface area contributed by atoms with Gasteiger partial charge in [-0.05, 0) is 55.3 Å². The summed E-state index contributed by atoms with van der Waals surface area (Å²) in [6, 6.07) is 25.2. The number of hydrogen-bond donors (Lipinski definition) is 1. The lowest BCUT2D eigenvalue weighted by Gasteiger charge is -2.29. The van der Waals surface area contributed by atoms with Crippen molar-refractivity contribution in [2.75, 3.05) is 19.8 Å². The number of nitrogens with zero attached hydrogens (tertiary/aromatic N) is 1. The molecule has 3 aromatic carbocycles. The van der Waals surface area contributed by atoms with Crippen molar-refractivity contribution in [3.8, 4) is 22.8 Å². The summed E-state index contributed by atoms with van der Waals surface area (Å²) in [5, 5.41) is 9.15. The van der Waals surface area contributed by atoms with Crippen LogP contribution in [0.1, 0.15) is 48.1 Å². The van der Waals surface area contributed by atoms with Crippen molar-refractivity contribution in [2.24, 2.45) is 0 Å². The summed E-state index contributed by atoms with van der Waals surface area (Å²) < 4.78 is 44.1. The van der Waals surface area contributed by atoms with Crippen molar-refractivity contribution in [1.82, 2.24) is 4.98 Å². The van der Waals surface area contributed by atoms with Crippen LogP contribution in [0, 0.1) is 12.7 Å². The average Bonchev–Trinajstić information content (AvgIpc) is 3.02. The van der Waals surface area contributed by atoms with Crippen LogP contribution in [-0.4, -0.2) is 42.0 Å². The Morgan fingerprint density at radius 2 is 1.74 bits per heavy atom. The van der Waals surface area contributed by atoms with E-state index in [0.717, 1.165) is 16.7 Å². The molecule has 0 spiro atoms. The fourth-order valence-corrected chi connectivity index (χ4v) is 4.86. The van der Waals surface area contributed by atoms with Crippen LogP contribution in [0.2, 0.25) is 0 Å². The van der Waals surface area contributed by atoms with Crippen LogP contribution in [0.3, 0.4) is 0 Å². The number of ether oxygens (including phenoxy) is 5. The molecular weight excluding hydrogens is 553 g/mol. The Morgan fingerprint density at radius 1 is 1.00 bits per heavy atom. The molecule has 1 fully saturated rings. The third-order valence-electron chi connectivity index (χ3n) is 6.99. The lowest BCUT2D eigenvalue weighted by molar-refractivity contribution is -0.216. The van der Waals surface area contributed by atoms with Gasteiger partial charge in [-0.1, -0.05) is 48.5 Å². The van der Waals surface area contributed by atoms with Crippen molar-refractivity contribution in [1.29, 1.82) is 0 Å². The zero-order valence-electron chi connectivity index (χ0n) is 24.1. The van der Waals surface area contributed by atoms with Crippen LogP contribution < -0.4 is 9.47 Å². The van der Waals surface area contributed by atoms with E-state index in [1.54, 1.807) is 48.5 Å². The number of aliphatic carboxylic acids is 1. The molecule has 1 aliphatic heterocycles. The van der Waals surface area contributed by atoms with Crippen molar-refractivity contribution < 1.29 is 38.0 Å². The summed E-state index contributed by atoms with van der Waals surface area (Å²) >= 11 is 0. The van der Waals surface area contributed by atoms with Gasteiger partial charge in [0, 0.05) is 35.1 Å².